The Morgan fingerprint density at radius 3 is 2.57 bits per heavy atom. The Bertz CT molecular complexity index is 828. The molecule has 0 aliphatic carbocycles. The maximum atomic E-state index is 13.0. The number of rotatable bonds is 11. The average molecular weight is 418 g/mol. The van der Waals surface area contributed by atoms with Crippen molar-refractivity contribution in [2.45, 2.75) is 25.3 Å². The van der Waals surface area contributed by atoms with E-state index in [1.54, 1.807) is 18.2 Å². The van der Waals surface area contributed by atoms with Crippen molar-refractivity contribution in [3.8, 4) is 0 Å². The van der Waals surface area contributed by atoms with E-state index >= 15 is 0 Å². The number of fused-ring (bicyclic) bond motifs is 1. The third-order valence-corrected chi connectivity index (χ3v) is 4.87. The molecule has 4 amide bonds. The molecule has 1 atom stereocenters. The van der Waals surface area contributed by atoms with E-state index in [4.69, 9.17) is 15.2 Å². The second-order valence-corrected chi connectivity index (χ2v) is 6.97. The van der Waals surface area contributed by atoms with E-state index in [9.17, 15) is 19.2 Å². The lowest BCUT2D eigenvalue weighted by Crippen LogP contribution is -2.54. The number of nitrogens with one attached hydrogen (secondary N) is 2. The molecule has 162 valence electrons. The van der Waals surface area contributed by atoms with Crippen molar-refractivity contribution < 1.29 is 28.7 Å². The standard InChI is InChI=1S/C20H26N4O6/c21-7-11-29-9-2-10-30-12-8-22-14-4-1-3-13-17(14)20(28)24(19(13)27)15-5-6-16(25)23-18(15)26/h1,3-4,15,22H,2,5-12,21H2,(H,23,25,26). The average Bonchev–Trinajstić information content (AvgIpc) is 2.98. The first-order chi connectivity index (χ1) is 14.5. The summed E-state index contributed by atoms with van der Waals surface area (Å²) in [4.78, 5) is 50.2. The van der Waals surface area contributed by atoms with Crippen LogP contribution < -0.4 is 16.4 Å². The van der Waals surface area contributed by atoms with Crippen LogP contribution in [0.15, 0.2) is 18.2 Å². The Morgan fingerprint density at radius 2 is 1.83 bits per heavy atom. The molecule has 30 heavy (non-hydrogen) atoms. The van der Waals surface area contributed by atoms with Gasteiger partial charge in [0.15, 0.2) is 0 Å². The van der Waals surface area contributed by atoms with Crippen molar-refractivity contribution in [3.05, 3.63) is 29.3 Å². The Balaban J connectivity index is 1.56. The maximum absolute atomic E-state index is 13.0. The number of nitrogens with two attached hydrogens (primary N) is 1. The highest BCUT2D eigenvalue weighted by atomic mass is 16.5. The highest BCUT2D eigenvalue weighted by molar-refractivity contribution is 6.25. The van der Waals surface area contributed by atoms with Crippen molar-refractivity contribution in [3.63, 3.8) is 0 Å². The SMILES string of the molecule is NCCOCCCOCCNc1cccc2c1C(=O)N(C1CCC(=O)NC1=O)C2=O. The summed E-state index contributed by atoms with van der Waals surface area (Å²) in [7, 11) is 0. The lowest BCUT2D eigenvalue weighted by atomic mass is 10.0. The number of hydrogen-bond acceptors (Lipinski definition) is 8. The van der Waals surface area contributed by atoms with Crippen LogP contribution >= 0.6 is 0 Å². The number of benzene rings is 1. The van der Waals surface area contributed by atoms with Crippen molar-refractivity contribution in [2.24, 2.45) is 5.73 Å². The van der Waals surface area contributed by atoms with Crippen molar-refractivity contribution in [1.29, 1.82) is 0 Å². The summed E-state index contributed by atoms with van der Waals surface area (Å²) >= 11 is 0. The fraction of sp³-hybridized carbons (Fsp3) is 0.500. The zero-order valence-corrected chi connectivity index (χ0v) is 16.6. The summed E-state index contributed by atoms with van der Waals surface area (Å²) in [5, 5.41) is 5.31. The molecule has 2 aliphatic heterocycles. The molecule has 0 radical (unpaired) electrons. The first-order valence-corrected chi connectivity index (χ1v) is 9.98. The first kappa shape index (κ1) is 21.9. The molecule has 3 rings (SSSR count). The fourth-order valence-electron chi connectivity index (χ4n) is 3.47. The van der Waals surface area contributed by atoms with E-state index in [-0.39, 0.29) is 24.0 Å². The smallest absolute Gasteiger partial charge is 0.264 e. The van der Waals surface area contributed by atoms with E-state index in [1.807, 2.05) is 0 Å². The van der Waals surface area contributed by atoms with Gasteiger partial charge in [-0.05, 0) is 25.0 Å². The van der Waals surface area contributed by atoms with Crippen LogP contribution in [-0.2, 0) is 19.1 Å². The van der Waals surface area contributed by atoms with Gasteiger partial charge in [0, 0.05) is 38.4 Å². The fourth-order valence-corrected chi connectivity index (χ4v) is 3.47. The number of amides is 4. The summed E-state index contributed by atoms with van der Waals surface area (Å²) in [6, 6.07) is 3.96. The Hall–Kier alpha value is -2.82. The Kier molecular flexibility index (Phi) is 7.50. The van der Waals surface area contributed by atoms with Crippen molar-refractivity contribution >= 4 is 29.3 Å². The van der Waals surface area contributed by atoms with Gasteiger partial charge in [-0.25, -0.2) is 0 Å². The zero-order chi connectivity index (χ0) is 21.5. The molecule has 2 heterocycles. The number of carbonyl (C=O) groups excluding carboxylic acids is 4. The highest BCUT2D eigenvalue weighted by Crippen LogP contribution is 2.32. The van der Waals surface area contributed by atoms with Gasteiger partial charge < -0.3 is 20.5 Å². The van der Waals surface area contributed by atoms with Crippen LogP contribution in [0.3, 0.4) is 0 Å². The number of nitrogens with zero attached hydrogens (tertiary/aromatic N) is 1. The van der Waals surface area contributed by atoms with E-state index in [2.05, 4.69) is 10.6 Å². The molecule has 0 saturated carbocycles. The number of piperidine rings is 1. The number of imide groups is 2. The maximum Gasteiger partial charge on any atom is 0.264 e. The predicted molar refractivity (Wildman–Crippen MR) is 107 cm³/mol. The number of anilines is 1. The van der Waals surface area contributed by atoms with Gasteiger partial charge in [-0.1, -0.05) is 6.07 Å². The molecule has 4 N–H and O–H groups in total. The largest absolute Gasteiger partial charge is 0.382 e. The van der Waals surface area contributed by atoms with Gasteiger partial charge in [-0.15, -0.1) is 0 Å². The Labute approximate surface area is 174 Å². The minimum absolute atomic E-state index is 0.0868. The minimum atomic E-state index is -0.979. The van der Waals surface area contributed by atoms with Crippen LogP contribution in [0.5, 0.6) is 0 Å². The minimum Gasteiger partial charge on any atom is -0.382 e. The van der Waals surface area contributed by atoms with E-state index in [1.165, 1.54) is 0 Å². The summed E-state index contributed by atoms with van der Waals surface area (Å²) in [6.45, 7) is 3.01. The summed E-state index contributed by atoms with van der Waals surface area (Å²) in [5.74, 6) is -2.09. The molecule has 0 aromatic heterocycles. The van der Waals surface area contributed by atoms with Gasteiger partial charge in [0.05, 0.1) is 24.3 Å². The predicted octanol–water partition coefficient (Wildman–Crippen LogP) is -0.118. The van der Waals surface area contributed by atoms with E-state index in [0.29, 0.717) is 45.2 Å². The molecule has 1 aromatic rings. The monoisotopic (exact) mass is 418 g/mol. The second kappa shape index (κ2) is 10.3. The molecular weight excluding hydrogens is 392 g/mol. The van der Waals surface area contributed by atoms with Gasteiger partial charge in [-0.3, -0.25) is 29.4 Å². The number of hydrogen-bond donors (Lipinski definition) is 3. The molecule has 1 unspecified atom stereocenters. The molecule has 10 heteroatoms. The second-order valence-electron chi connectivity index (χ2n) is 6.97. The molecule has 10 nitrogen and oxygen atoms in total. The van der Waals surface area contributed by atoms with Crippen LogP contribution in [0.1, 0.15) is 40.0 Å². The van der Waals surface area contributed by atoms with Crippen molar-refractivity contribution in [1.82, 2.24) is 10.2 Å². The Morgan fingerprint density at radius 1 is 1.07 bits per heavy atom. The molecule has 1 saturated heterocycles. The van der Waals surface area contributed by atoms with Gasteiger partial charge in [0.25, 0.3) is 11.8 Å². The van der Waals surface area contributed by atoms with Gasteiger partial charge in [-0.2, -0.15) is 0 Å². The third kappa shape index (κ3) is 4.84. The van der Waals surface area contributed by atoms with Crippen LogP contribution in [0.25, 0.3) is 0 Å². The molecule has 1 fully saturated rings. The van der Waals surface area contributed by atoms with E-state index in [0.717, 1.165) is 11.3 Å². The topological polar surface area (TPSA) is 140 Å². The number of carbonyl (C=O) groups is 4. The zero-order valence-electron chi connectivity index (χ0n) is 16.6. The molecular formula is C20H26N4O6. The lowest BCUT2D eigenvalue weighted by molar-refractivity contribution is -0.136. The van der Waals surface area contributed by atoms with E-state index < -0.39 is 29.7 Å². The summed E-state index contributed by atoms with van der Waals surface area (Å²) in [6.07, 6.45) is 0.972. The van der Waals surface area contributed by atoms with Crippen molar-refractivity contribution in [2.75, 3.05) is 44.8 Å². The summed E-state index contributed by atoms with van der Waals surface area (Å²) in [5.41, 5.74) is 6.33. The van der Waals surface area contributed by atoms with Crippen LogP contribution in [-0.4, -0.2) is 74.1 Å². The number of ether oxygens (including phenoxy) is 2. The van der Waals surface area contributed by atoms with Crippen LogP contribution in [0.2, 0.25) is 0 Å². The molecule has 2 aliphatic rings. The molecule has 0 bridgehead atoms. The molecule has 0 spiro atoms. The van der Waals surface area contributed by atoms with Crippen LogP contribution in [0.4, 0.5) is 5.69 Å². The molecule has 1 aromatic carbocycles. The first-order valence-electron chi connectivity index (χ1n) is 9.98. The van der Waals surface area contributed by atoms with Gasteiger partial charge in [0.2, 0.25) is 11.8 Å². The van der Waals surface area contributed by atoms with Crippen LogP contribution in [0, 0.1) is 0 Å². The van der Waals surface area contributed by atoms with Gasteiger partial charge in [0.1, 0.15) is 6.04 Å². The third-order valence-electron chi connectivity index (χ3n) is 4.87. The normalized spacial score (nSPS) is 18.6. The van der Waals surface area contributed by atoms with Gasteiger partial charge >= 0.3 is 0 Å². The highest BCUT2D eigenvalue weighted by Gasteiger charge is 2.45. The lowest BCUT2D eigenvalue weighted by Gasteiger charge is -2.27. The summed E-state index contributed by atoms with van der Waals surface area (Å²) < 4.78 is 10.8. The quantitative estimate of drug-likeness (QED) is 0.334.